The fraction of sp³-hybridized carbons (Fsp3) is 0.265. The first kappa shape index (κ1) is 29.8. The van der Waals surface area contributed by atoms with Crippen molar-refractivity contribution in [1.29, 1.82) is 0 Å². The van der Waals surface area contributed by atoms with Gasteiger partial charge in [0, 0.05) is 36.1 Å². The third-order valence-corrected chi connectivity index (χ3v) is 8.41. The van der Waals surface area contributed by atoms with Crippen molar-refractivity contribution in [2.24, 2.45) is 0 Å². The lowest BCUT2D eigenvalue weighted by atomic mass is 9.98. The van der Waals surface area contributed by atoms with Gasteiger partial charge in [0.2, 0.25) is 0 Å². The van der Waals surface area contributed by atoms with Crippen LogP contribution in [0.4, 0.5) is 21.9 Å². The number of rotatable bonds is 9. The van der Waals surface area contributed by atoms with Gasteiger partial charge in [-0.05, 0) is 86.3 Å². The number of carbonyl (C=O) groups is 3. The average Bonchev–Trinajstić information content (AvgIpc) is 3.50. The monoisotopic (exact) mass is 606 g/mol. The second kappa shape index (κ2) is 12.7. The lowest BCUT2D eigenvalue weighted by Crippen LogP contribution is -2.30. The van der Waals surface area contributed by atoms with Crippen molar-refractivity contribution >= 4 is 52.3 Å². The third kappa shape index (κ3) is 6.48. The van der Waals surface area contributed by atoms with Crippen molar-refractivity contribution in [2.45, 2.75) is 32.1 Å². The van der Waals surface area contributed by atoms with Gasteiger partial charge >= 0.3 is 6.03 Å². The fourth-order valence-corrected chi connectivity index (χ4v) is 5.92. The summed E-state index contributed by atoms with van der Waals surface area (Å²) in [4.78, 5) is 52.0. The van der Waals surface area contributed by atoms with Crippen LogP contribution in [-0.4, -0.2) is 59.3 Å². The van der Waals surface area contributed by atoms with Crippen LogP contribution in [0.3, 0.4) is 0 Å². The number of nitro benzene ring substituents is 1. The van der Waals surface area contributed by atoms with Crippen molar-refractivity contribution in [3.8, 4) is 0 Å². The Balaban J connectivity index is 1.29. The molecule has 0 unspecified atom stereocenters. The molecular formula is C34H34N6O5. The predicted octanol–water partition coefficient (Wildman–Crippen LogP) is 5.47. The highest BCUT2D eigenvalue weighted by Gasteiger charge is 2.31. The first-order valence-corrected chi connectivity index (χ1v) is 15.1. The van der Waals surface area contributed by atoms with Crippen LogP contribution in [0.2, 0.25) is 0 Å². The van der Waals surface area contributed by atoms with Gasteiger partial charge < -0.3 is 20.9 Å². The Morgan fingerprint density at radius 3 is 2.36 bits per heavy atom. The van der Waals surface area contributed by atoms with Crippen molar-refractivity contribution in [2.75, 3.05) is 37.3 Å². The summed E-state index contributed by atoms with van der Waals surface area (Å²) in [6, 6.07) is 19.1. The van der Waals surface area contributed by atoms with Gasteiger partial charge in [-0.1, -0.05) is 42.8 Å². The minimum atomic E-state index is -0.482. The Kier molecular flexibility index (Phi) is 8.43. The maximum absolute atomic E-state index is 13.3. The number of aryl methyl sites for hydroxylation is 1. The second-order valence-electron chi connectivity index (χ2n) is 11.5. The first-order chi connectivity index (χ1) is 21.8. The predicted molar refractivity (Wildman–Crippen MR) is 173 cm³/mol. The zero-order valence-corrected chi connectivity index (χ0v) is 25.0. The molecule has 0 bridgehead atoms. The lowest BCUT2D eigenvalue weighted by molar-refractivity contribution is -0.384. The van der Waals surface area contributed by atoms with Crippen LogP contribution in [-0.2, 0) is 16.0 Å². The van der Waals surface area contributed by atoms with Crippen LogP contribution < -0.4 is 16.0 Å². The Morgan fingerprint density at radius 1 is 0.956 bits per heavy atom. The van der Waals surface area contributed by atoms with Crippen molar-refractivity contribution in [3.63, 3.8) is 0 Å². The van der Waals surface area contributed by atoms with Crippen LogP contribution in [0, 0.1) is 10.1 Å². The molecule has 0 saturated carbocycles. The van der Waals surface area contributed by atoms with E-state index in [0.717, 1.165) is 29.8 Å². The molecule has 11 heteroatoms. The molecule has 11 nitrogen and oxygen atoms in total. The molecular weight excluding hydrogens is 572 g/mol. The number of nitrogens with one attached hydrogen (secondary N) is 3. The van der Waals surface area contributed by atoms with Crippen LogP contribution >= 0.6 is 0 Å². The number of likely N-dealkylation sites (tertiary alicyclic amines) is 1. The molecule has 4 amide bonds. The maximum atomic E-state index is 13.3. The average molecular weight is 607 g/mol. The minimum absolute atomic E-state index is 0.109. The molecule has 0 radical (unpaired) electrons. The van der Waals surface area contributed by atoms with Crippen LogP contribution in [0.1, 0.15) is 47.9 Å². The van der Waals surface area contributed by atoms with Gasteiger partial charge in [-0.15, -0.1) is 0 Å². The van der Waals surface area contributed by atoms with E-state index < -0.39 is 16.9 Å². The molecule has 230 valence electrons. The van der Waals surface area contributed by atoms with E-state index >= 15 is 0 Å². The maximum Gasteiger partial charge on any atom is 0.328 e. The summed E-state index contributed by atoms with van der Waals surface area (Å²) in [5.41, 5.74) is 5.16. The van der Waals surface area contributed by atoms with Gasteiger partial charge in [-0.25, -0.2) is 4.79 Å². The van der Waals surface area contributed by atoms with Crippen molar-refractivity contribution in [1.82, 2.24) is 15.1 Å². The molecule has 6 rings (SSSR count). The number of fused-ring (bicyclic) bond motifs is 1. The van der Waals surface area contributed by atoms with Gasteiger partial charge in [-0.2, -0.15) is 0 Å². The summed E-state index contributed by atoms with van der Waals surface area (Å²) in [6.07, 6.45) is 7.47. The summed E-state index contributed by atoms with van der Waals surface area (Å²) in [5.74, 6) is -0.774. The van der Waals surface area contributed by atoms with Crippen LogP contribution in [0.25, 0.3) is 17.3 Å². The number of hydrogen-bond acceptors (Lipinski definition) is 7. The number of benzene rings is 3. The number of likely N-dealkylation sites (N-methyl/N-ethyl adjacent to an activating group) is 1. The Labute approximate surface area is 260 Å². The number of anilines is 2. The topological polar surface area (TPSA) is 137 Å². The summed E-state index contributed by atoms with van der Waals surface area (Å²) >= 11 is 0. The highest BCUT2D eigenvalue weighted by atomic mass is 16.6. The number of non-ortho nitro benzene ring substituents is 1. The first-order valence-electron chi connectivity index (χ1n) is 15.1. The van der Waals surface area contributed by atoms with Gasteiger partial charge in [0.05, 0.1) is 16.2 Å². The largest absolute Gasteiger partial charge is 0.354 e. The molecule has 0 atom stereocenters. The van der Waals surface area contributed by atoms with Gasteiger partial charge in [-0.3, -0.25) is 24.6 Å². The summed E-state index contributed by atoms with van der Waals surface area (Å²) in [5, 5.41) is 20.3. The minimum Gasteiger partial charge on any atom is -0.354 e. The van der Waals surface area contributed by atoms with E-state index in [-0.39, 0.29) is 17.3 Å². The number of carbonyl (C=O) groups excluding carboxylic acids is 3. The number of piperidine rings is 1. The standard InChI is InChI=1S/C34H34N6O5/c1-38-33(42)29(37-34(38)43)20-23-9-13-25(14-10-23)35-31(30-27-21-26(40(44)45)15-16-28(27)36-32(30)41)24-11-7-22(8-12-24)6-5-19-39-17-3-2-4-18-39/h7-16,20-21,35H,2-6,17-19H2,1H3,(H,36,41)(H,37,43)/b29-20-,31-30-. The molecule has 45 heavy (non-hydrogen) atoms. The number of nitrogens with zero attached hydrogens (tertiary/aromatic N) is 3. The highest BCUT2D eigenvalue weighted by Crippen LogP contribution is 2.39. The van der Waals surface area contributed by atoms with Crippen molar-refractivity contribution < 1.29 is 19.3 Å². The summed E-state index contributed by atoms with van der Waals surface area (Å²) in [7, 11) is 1.41. The quantitative estimate of drug-likeness (QED) is 0.127. The van der Waals surface area contributed by atoms with Crippen LogP contribution in [0.5, 0.6) is 0 Å². The molecule has 3 aliphatic heterocycles. The molecule has 0 aliphatic carbocycles. The number of imide groups is 1. The number of urea groups is 1. The number of hydrogen-bond donors (Lipinski definition) is 3. The molecule has 3 aromatic carbocycles. The van der Waals surface area contributed by atoms with E-state index in [9.17, 15) is 24.5 Å². The third-order valence-electron chi connectivity index (χ3n) is 8.41. The van der Waals surface area contributed by atoms with E-state index in [4.69, 9.17) is 0 Å². The molecule has 2 fully saturated rings. The molecule has 2 saturated heterocycles. The zero-order valence-electron chi connectivity index (χ0n) is 25.0. The van der Waals surface area contributed by atoms with Crippen LogP contribution in [0.15, 0.2) is 72.4 Å². The van der Waals surface area contributed by atoms with E-state index in [1.165, 1.54) is 57.1 Å². The van der Waals surface area contributed by atoms with Gasteiger partial charge in [0.1, 0.15) is 5.70 Å². The fourth-order valence-electron chi connectivity index (χ4n) is 5.92. The van der Waals surface area contributed by atoms with Crippen molar-refractivity contribution in [3.05, 3.63) is 105 Å². The van der Waals surface area contributed by atoms with E-state index in [1.54, 1.807) is 36.4 Å². The SMILES string of the molecule is CN1C(=O)N/C(=C\c2ccc(N/C(=C3\C(=O)Nc4ccc([N+](=O)[O-])cc43)c3ccc(CCCN4CCCCC4)cc3)cc2)C1=O. The Morgan fingerprint density at radius 2 is 1.69 bits per heavy atom. The number of nitro groups is 1. The normalized spacial score (nSPS) is 18.6. The molecule has 3 N–H and O–H groups in total. The summed E-state index contributed by atoms with van der Waals surface area (Å²) < 4.78 is 0. The molecule has 0 aromatic heterocycles. The van der Waals surface area contributed by atoms with Gasteiger partial charge in [0.25, 0.3) is 17.5 Å². The van der Waals surface area contributed by atoms with E-state index in [1.807, 2.05) is 12.1 Å². The smallest absolute Gasteiger partial charge is 0.328 e. The zero-order chi connectivity index (χ0) is 31.5. The van der Waals surface area contributed by atoms with Gasteiger partial charge in [0.15, 0.2) is 0 Å². The Hall–Kier alpha value is -5.29. The number of amides is 4. The lowest BCUT2D eigenvalue weighted by Gasteiger charge is -2.26. The molecule has 3 aromatic rings. The van der Waals surface area contributed by atoms with E-state index in [0.29, 0.717) is 33.8 Å². The Bertz CT molecular complexity index is 1720. The van der Waals surface area contributed by atoms with E-state index in [2.05, 4.69) is 33.0 Å². The molecule has 0 spiro atoms. The molecule has 3 aliphatic rings. The summed E-state index contributed by atoms with van der Waals surface area (Å²) in [6.45, 7) is 3.43. The second-order valence-corrected chi connectivity index (χ2v) is 11.5. The highest BCUT2D eigenvalue weighted by molar-refractivity contribution is 6.37. The molecule has 3 heterocycles.